The summed E-state index contributed by atoms with van der Waals surface area (Å²) < 4.78 is 0. The highest BCUT2D eigenvalue weighted by molar-refractivity contribution is 14.0. The van der Waals surface area contributed by atoms with Crippen LogP contribution in [-0.2, 0) is 11.2 Å². The van der Waals surface area contributed by atoms with E-state index in [0.29, 0.717) is 12.5 Å². The van der Waals surface area contributed by atoms with Gasteiger partial charge in [0, 0.05) is 25.7 Å². The van der Waals surface area contributed by atoms with Crippen LogP contribution in [0.15, 0.2) is 29.3 Å². The zero-order valence-corrected chi connectivity index (χ0v) is 18.1. The standard InChI is InChI=1S/C18H30N4O2.HI/c1-6-19-17(22(5)13-16(24)21-18(2,3)4)20-11-10-14-8-7-9-15(23)12-14;/h7-9,12,23H,6,10-11,13H2,1-5H3,(H,19,20)(H,21,24);1H. The molecule has 1 aromatic carbocycles. The largest absolute Gasteiger partial charge is 0.508 e. The molecule has 0 aliphatic heterocycles. The van der Waals surface area contributed by atoms with Crippen LogP contribution in [0.2, 0.25) is 0 Å². The molecule has 0 aliphatic rings. The Kier molecular flexibility index (Phi) is 10.5. The maximum atomic E-state index is 12.0. The first kappa shape index (κ1) is 23.5. The van der Waals surface area contributed by atoms with Crippen molar-refractivity contribution >= 4 is 35.8 Å². The van der Waals surface area contributed by atoms with Crippen LogP contribution in [0.4, 0.5) is 0 Å². The molecule has 0 atom stereocenters. The maximum absolute atomic E-state index is 12.0. The predicted octanol–water partition coefficient (Wildman–Crippen LogP) is 2.36. The Bertz CT molecular complexity index is 570. The fourth-order valence-corrected chi connectivity index (χ4v) is 2.22. The van der Waals surface area contributed by atoms with Crippen LogP contribution in [0.5, 0.6) is 5.75 Å². The van der Waals surface area contributed by atoms with Crippen LogP contribution in [0, 0.1) is 0 Å². The zero-order valence-electron chi connectivity index (χ0n) is 15.8. The van der Waals surface area contributed by atoms with E-state index < -0.39 is 0 Å². The van der Waals surface area contributed by atoms with Gasteiger partial charge in [0.15, 0.2) is 5.96 Å². The number of carbonyl (C=O) groups is 1. The molecule has 25 heavy (non-hydrogen) atoms. The Labute approximate surface area is 168 Å². The Morgan fingerprint density at radius 3 is 2.56 bits per heavy atom. The monoisotopic (exact) mass is 462 g/mol. The van der Waals surface area contributed by atoms with Gasteiger partial charge in [-0.05, 0) is 51.8 Å². The Hall–Kier alpha value is -1.51. The zero-order chi connectivity index (χ0) is 18.2. The molecule has 0 saturated carbocycles. The minimum atomic E-state index is -0.247. The molecule has 1 amide bonds. The van der Waals surface area contributed by atoms with E-state index in [-0.39, 0.29) is 47.7 Å². The minimum absolute atomic E-state index is 0. The number of carbonyl (C=O) groups excluding carboxylic acids is 1. The van der Waals surface area contributed by atoms with Crippen molar-refractivity contribution in [1.29, 1.82) is 0 Å². The van der Waals surface area contributed by atoms with Crippen molar-refractivity contribution in [3.8, 4) is 5.75 Å². The van der Waals surface area contributed by atoms with Gasteiger partial charge < -0.3 is 20.6 Å². The predicted molar refractivity (Wildman–Crippen MR) is 114 cm³/mol. The van der Waals surface area contributed by atoms with Gasteiger partial charge in [0.25, 0.3) is 0 Å². The third-order valence-corrected chi connectivity index (χ3v) is 3.16. The fraction of sp³-hybridized carbons (Fsp3) is 0.556. The third-order valence-electron chi connectivity index (χ3n) is 3.16. The fourth-order valence-electron chi connectivity index (χ4n) is 2.22. The van der Waals surface area contributed by atoms with E-state index in [1.807, 2.05) is 51.8 Å². The van der Waals surface area contributed by atoms with Crippen LogP contribution in [0.1, 0.15) is 33.3 Å². The molecule has 0 bridgehead atoms. The molecule has 0 fully saturated rings. The number of aromatic hydroxyl groups is 1. The van der Waals surface area contributed by atoms with Crippen molar-refractivity contribution in [2.45, 2.75) is 39.7 Å². The summed E-state index contributed by atoms with van der Waals surface area (Å²) in [5.74, 6) is 0.921. The van der Waals surface area contributed by atoms with Crippen molar-refractivity contribution in [1.82, 2.24) is 15.5 Å². The Balaban J connectivity index is 0.00000576. The second kappa shape index (κ2) is 11.2. The minimum Gasteiger partial charge on any atom is -0.508 e. The molecular weight excluding hydrogens is 431 g/mol. The molecule has 0 radical (unpaired) electrons. The summed E-state index contributed by atoms with van der Waals surface area (Å²) in [5.41, 5.74) is 0.783. The number of nitrogens with one attached hydrogen (secondary N) is 2. The number of nitrogens with zero attached hydrogens (tertiary/aromatic N) is 2. The van der Waals surface area contributed by atoms with Gasteiger partial charge in [-0.2, -0.15) is 0 Å². The van der Waals surface area contributed by atoms with Gasteiger partial charge in [-0.25, -0.2) is 0 Å². The summed E-state index contributed by atoms with van der Waals surface area (Å²) in [6.07, 6.45) is 0.728. The van der Waals surface area contributed by atoms with E-state index in [1.165, 1.54) is 0 Å². The van der Waals surface area contributed by atoms with Crippen LogP contribution < -0.4 is 10.6 Å². The SMILES string of the molecule is CCNC(=NCCc1cccc(O)c1)N(C)CC(=O)NC(C)(C)C.I. The molecule has 1 aromatic rings. The third kappa shape index (κ3) is 10.2. The Morgan fingerprint density at radius 1 is 1.32 bits per heavy atom. The van der Waals surface area contributed by atoms with E-state index in [4.69, 9.17) is 0 Å². The normalized spacial score (nSPS) is 11.5. The number of aliphatic imine (C=N–C) groups is 1. The molecule has 0 aromatic heterocycles. The molecule has 142 valence electrons. The number of likely N-dealkylation sites (N-methyl/N-ethyl adjacent to an activating group) is 1. The van der Waals surface area contributed by atoms with Crippen LogP contribution in [-0.4, -0.2) is 54.1 Å². The molecule has 0 saturated heterocycles. The van der Waals surface area contributed by atoms with Crippen LogP contribution in [0.25, 0.3) is 0 Å². The van der Waals surface area contributed by atoms with Crippen LogP contribution in [0.3, 0.4) is 0 Å². The van der Waals surface area contributed by atoms with E-state index in [2.05, 4.69) is 15.6 Å². The average Bonchev–Trinajstić information content (AvgIpc) is 2.44. The van der Waals surface area contributed by atoms with Crippen molar-refractivity contribution in [2.75, 3.05) is 26.7 Å². The number of hydrogen-bond acceptors (Lipinski definition) is 3. The smallest absolute Gasteiger partial charge is 0.240 e. The van der Waals surface area contributed by atoms with Crippen molar-refractivity contribution < 1.29 is 9.90 Å². The molecule has 0 aliphatic carbocycles. The molecule has 3 N–H and O–H groups in total. The summed E-state index contributed by atoms with van der Waals surface area (Å²) in [6, 6.07) is 7.17. The summed E-state index contributed by atoms with van der Waals surface area (Å²) >= 11 is 0. The lowest BCUT2D eigenvalue weighted by molar-refractivity contribution is -0.122. The van der Waals surface area contributed by atoms with E-state index in [9.17, 15) is 9.90 Å². The quantitative estimate of drug-likeness (QED) is 0.345. The first-order valence-corrected chi connectivity index (χ1v) is 8.29. The van der Waals surface area contributed by atoms with Gasteiger partial charge in [-0.1, -0.05) is 12.1 Å². The van der Waals surface area contributed by atoms with E-state index in [0.717, 1.165) is 18.5 Å². The summed E-state index contributed by atoms with van der Waals surface area (Å²) in [4.78, 5) is 18.4. The van der Waals surface area contributed by atoms with Gasteiger partial charge in [-0.3, -0.25) is 9.79 Å². The van der Waals surface area contributed by atoms with Crippen molar-refractivity contribution in [3.63, 3.8) is 0 Å². The highest BCUT2D eigenvalue weighted by Crippen LogP contribution is 2.11. The topological polar surface area (TPSA) is 77.0 Å². The number of benzene rings is 1. The van der Waals surface area contributed by atoms with Gasteiger partial charge in [0.1, 0.15) is 5.75 Å². The number of halogens is 1. The average molecular weight is 462 g/mol. The summed E-state index contributed by atoms with van der Waals surface area (Å²) in [5, 5.41) is 15.6. The first-order valence-electron chi connectivity index (χ1n) is 8.29. The molecule has 1 rings (SSSR count). The van der Waals surface area contributed by atoms with Gasteiger partial charge in [0.2, 0.25) is 5.91 Å². The molecule has 0 unspecified atom stereocenters. The van der Waals surface area contributed by atoms with Crippen LogP contribution >= 0.6 is 24.0 Å². The number of phenolic OH excluding ortho intramolecular Hbond substituents is 1. The lowest BCUT2D eigenvalue weighted by Crippen LogP contribution is -2.48. The number of hydrogen-bond donors (Lipinski definition) is 3. The van der Waals surface area contributed by atoms with Gasteiger partial charge in [0.05, 0.1) is 6.54 Å². The number of phenols is 1. The molecule has 0 heterocycles. The summed E-state index contributed by atoms with van der Waals surface area (Å²) in [7, 11) is 1.85. The van der Waals surface area contributed by atoms with Crippen molar-refractivity contribution in [2.24, 2.45) is 4.99 Å². The number of rotatable bonds is 6. The maximum Gasteiger partial charge on any atom is 0.240 e. The van der Waals surface area contributed by atoms with Gasteiger partial charge in [-0.15, -0.1) is 24.0 Å². The Morgan fingerprint density at radius 2 is 2.00 bits per heavy atom. The van der Waals surface area contributed by atoms with Crippen molar-refractivity contribution in [3.05, 3.63) is 29.8 Å². The second-order valence-electron chi connectivity index (χ2n) is 6.81. The second-order valence-corrected chi connectivity index (χ2v) is 6.81. The number of guanidine groups is 1. The molecule has 6 nitrogen and oxygen atoms in total. The lowest BCUT2D eigenvalue weighted by Gasteiger charge is -2.25. The number of amides is 1. The van der Waals surface area contributed by atoms with E-state index in [1.54, 1.807) is 12.1 Å². The molecule has 0 spiro atoms. The lowest BCUT2D eigenvalue weighted by atomic mass is 10.1. The first-order chi connectivity index (χ1) is 11.2. The molecular formula is C18H31IN4O2. The molecule has 7 heteroatoms. The highest BCUT2D eigenvalue weighted by Gasteiger charge is 2.16. The highest BCUT2D eigenvalue weighted by atomic mass is 127. The summed E-state index contributed by atoms with van der Waals surface area (Å²) in [6.45, 7) is 9.43. The van der Waals surface area contributed by atoms with Gasteiger partial charge >= 0.3 is 0 Å². The van der Waals surface area contributed by atoms with E-state index >= 15 is 0 Å².